The van der Waals surface area contributed by atoms with Crippen molar-refractivity contribution in [1.82, 2.24) is 0 Å². The van der Waals surface area contributed by atoms with Crippen LogP contribution in [0.4, 0.5) is 0 Å². The van der Waals surface area contributed by atoms with Gasteiger partial charge in [0.25, 0.3) is 0 Å². The molecule has 1 rings (SSSR count). The second-order valence-corrected chi connectivity index (χ2v) is 7.14. The first-order valence-electron chi connectivity index (χ1n) is 6.11. The third-order valence-corrected chi connectivity index (χ3v) is 5.29. The van der Waals surface area contributed by atoms with Gasteiger partial charge in [0.15, 0.2) is 5.78 Å². The van der Waals surface area contributed by atoms with Crippen LogP contribution in [-0.4, -0.2) is 25.7 Å². The molecule has 1 atom stereocenters. The van der Waals surface area contributed by atoms with Crippen molar-refractivity contribution >= 4 is 15.6 Å². The molecule has 0 bridgehead atoms. The van der Waals surface area contributed by atoms with Gasteiger partial charge in [-0.05, 0) is 25.7 Å². The Kier molecular flexibility index (Phi) is 4.70. The molecule has 1 aliphatic rings. The Morgan fingerprint density at radius 3 is 2.65 bits per heavy atom. The summed E-state index contributed by atoms with van der Waals surface area (Å²) in [6.45, 7) is 1.61. The Morgan fingerprint density at radius 2 is 2.12 bits per heavy atom. The van der Waals surface area contributed by atoms with E-state index in [-0.39, 0.29) is 17.3 Å². The molecule has 4 nitrogen and oxygen atoms in total. The normalized spacial score (nSPS) is 25.5. The number of carbonyl (C=O) groups is 1. The zero-order chi connectivity index (χ0) is 12.9. The largest absolute Gasteiger partial charge is 0.298 e. The van der Waals surface area contributed by atoms with Gasteiger partial charge in [-0.25, -0.2) is 8.42 Å². The van der Waals surface area contributed by atoms with Crippen LogP contribution in [-0.2, 0) is 14.6 Å². The first kappa shape index (κ1) is 14.2. The molecule has 0 aromatic heterocycles. The first-order chi connectivity index (χ1) is 7.96. The molecule has 5 heteroatoms. The Bertz CT molecular complexity index is 422. The number of Topliss-reactive ketones (excluding diaryl/α,β-unsaturated/α-hetero) is 1. The predicted octanol–water partition coefficient (Wildman–Crippen LogP) is 1.85. The minimum atomic E-state index is -2.99. The van der Waals surface area contributed by atoms with Gasteiger partial charge in [-0.3, -0.25) is 4.79 Å². The molecule has 0 spiro atoms. The number of carbonyl (C=O) groups excluding carboxylic acids is 1. The van der Waals surface area contributed by atoms with Crippen LogP contribution in [0.1, 0.15) is 45.4 Å². The Morgan fingerprint density at radius 1 is 1.41 bits per heavy atom. The smallest absolute Gasteiger partial charge is 0.153 e. The zero-order valence-corrected chi connectivity index (χ0v) is 11.1. The highest BCUT2D eigenvalue weighted by Crippen LogP contribution is 2.36. The summed E-state index contributed by atoms with van der Waals surface area (Å²) in [5, 5.41) is 9.18. The Hall–Kier alpha value is -0.890. The monoisotopic (exact) mass is 257 g/mol. The third-order valence-electron chi connectivity index (χ3n) is 3.50. The van der Waals surface area contributed by atoms with E-state index in [1.165, 1.54) is 0 Å². The molecule has 0 radical (unpaired) electrons. The van der Waals surface area contributed by atoms with Gasteiger partial charge in [-0.15, -0.1) is 0 Å². The molecule has 1 saturated carbocycles. The van der Waals surface area contributed by atoms with Crippen molar-refractivity contribution in [3.05, 3.63) is 0 Å². The van der Waals surface area contributed by atoms with Crippen molar-refractivity contribution in [2.75, 3.05) is 11.5 Å². The van der Waals surface area contributed by atoms with E-state index < -0.39 is 15.3 Å². The van der Waals surface area contributed by atoms with E-state index >= 15 is 0 Å². The summed E-state index contributed by atoms with van der Waals surface area (Å²) in [4.78, 5) is 11.8. The Labute approximate surface area is 103 Å². The maximum atomic E-state index is 11.8. The number of nitriles is 1. The van der Waals surface area contributed by atoms with E-state index in [1.54, 1.807) is 6.92 Å². The molecule has 1 aliphatic carbocycles. The molecule has 0 amide bonds. The molecule has 0 saturated heterocycles. The van der Waals surface area contributed by atoms with E-state index in [9.17, 15) is 18.5 Å². The summed E-state index contributed by atoms with van der Waals surface area (Å²) >= 11 is 0. The fraction of sp³-hybridized carbons (Fsp3) is 0.833. The van der Waals surface area contributed by atoms with E-state index in [0.717, 1.165) is 12.8 Å². The maximum Gasteiger partial charge on any atom is 0.153 e. The van der Waals surface area contributed by atoms with Gasteiger partial charge in [0.1, 0.15) is 15.3 Å². The van der Waals surface area contributed by atoms with Gasteiger partial charge >= 0.3 is 0 Å². The van der Waals surface area contributed by atoms with Crippen molar-refractivity contribution in [3.8, 4) is 6.07 Å². The summed E-state index contributed by atoms with van der Waals surface area (Å²) in [7, 11) is -2.99. The van der Waals surface area contributed by atoms with E-state index in [1.807, 2.05) is 0 Å². The SMILES string of the molecule is CCS(=O)(=O)CCCC1(C#N)CCCCC1=O. The highest BCUT2D eigenvalue weighted by molar-refractivity contribution is 7.91. The molecule has 0 aromatic rings. The lowest BCUT2D eigenvalue weighted by molar-refractivity contribution is -0.128. The quantitative estimate of drug-likeness (QED) is 0.753. The molecule has 0 aromatic carbocycles. The third kappa shape index (κ3) is 3.53. The average Bonchev–Trinajstić information content (AvgIpc) is 2.32. The number of hydrogen-bond donors (Lipinski definition) is 0. The van der Waals surface area contributed by atoms with Crippen LogP contribution >= 0.6 is 0 Å². The van der Waals surface area contributed by atoms with Gasteiger partial charge in [0.2, 0.25) is 0 Å². The van der Waals surface area contributed by atoms with Gasteiger partial charge in [-0.1, -0.05) is 13.3 Å². The van der Waals surface area contributed by atoms with E-state index in [2.05, 4.69) is 6.07 Å². The van der Waals surface area contributed by atoms with Crippen LogP contribution in [0.15, 0.2) is 0 Å². The maximum absolute atomic E-state index is 11.8. The predicted molar refractivity (Wildman–Crippen MR) is 65.1 cm³/mol. The Balaban J connectivity index is 2.59. The minimum absolute atomic E-state index is 0.000136. The summed E-state index contributed by atoms with van der Waals surface area (Å²) < 4.78 is 22.7. The van der Waals surface area contributed by atoms with E-state index in [4.69, 9.17) is 0 Å². The number of nitrogens with zero attached hydrogens (tertiary/aromatic N) is 1. The highest BCUT2D eigenvalue weighted by Gasteiger charge is 2.39. The summed E-state index contributed by atoms with van der Waals surface area (Å²) in [5.41, 5.74) is -0.901. The average molecular weight is 257 g/mol. The zero-order valence-electron chi connectivity index (χ0n) is 10.2. The molecule has 1 fully saturated rings. The second-order valence-electron chi connectivity index (χ2n) is 4.66. The lowest BCUT2D eigenvalue weighted by atomic mass is 9.71. The van der Waals surface area contributed by atoms with Crippen molar-refractivity contribution in [2.45, 2.75) is 45.4 Å². The highest BCUT2D eigenvalue weighted by atomic mass is 32.2. The van der Waals surface area contributed by atoms with Crippen LogP contribution in [0.3, 0.4) is 0 Å². The number of hydrogen-bond acceptors (Lipinski definition) is 4. The molecule has 1 unspecified atom stereocenters. The van der Waals surface area contributed by atoms with Crippen LogP contribution in [0.5, 0.6) is 0 Å². The standard InChI is InChI=1S/C12H19NO3S/c1-2-17(15,16)9-5-8-12(10-13)7-4-3-6-11(12)14/h2-9H2,1H3. The van der Waals surface area contributed by atoms with Crippen molar-refractivity contribution in [3.63, 3.8) is 0 Å². The molecule has 0 heterocycles. The van der Waals surface area contributed by atoms with Crippen molar-refractivity contribution in [1.29, 1.82) is 5.26 Å². The lowest BCUT2D eigenvalue weighted by Crippen LogP contribution is -2.33. The number of rotatable bonds is 5. The van der Waals surface area contributed by atoms with Gasteiger partial charge in [-0.2, -0.15) is 5.26 Å². The van der Waals surface area contributed by atoms with Crippen LogP contribution in [0.25, 0.3) is 0 Å². The van der Waals surface area contributed by atoms with E-state index in [0.29, 0.717) is 25.7 Å². The topological polar surface area (TPSA) is 75.0 Å². The van der Waals surface area contributed by atoms with Crippen molar-refractivity contribution in [2.24, 2.45) is 5.41 Å². The fourth-order valence-electron chi connectivity index (χ4n) is 2.27. The number of sulfone groups is 1. The van der Waals surface area contributed by atoms with Gasteiger partial charge in [0.05, 0.1) is 11.8 Å². The fourth-order valence-corrected chi connectivity index (χ4v) is 3.14. The summed E-state index contributed by atoms with van der Waals surface area (Å²) in [6.07, 6.45) is 3.61. The summed E-state index contributed by atoms with van der Waals surface area (Å²) in [5.74, 6) is 0.209. The summed E-state index contributed by atoms with van der Waals surface area (Å²) in [6, 6.07) is 2.13. The minimum Gasteiger partial charge on any atom is -0.298 e. The lowest BCUT2D eigenvalue weighted by Gasteiger charge is -2.28. The van der Waals surface area contributed by atoms with Crippen molar-refractivity contribution < 1.29 is 13.2 Å². The van der Waals surface area contributed by atoms with Gasteiger partial charge in [0, 0.05) is 12.2 Å². The first-order valence-corrected chi connectivity index (χ1v) is 7.93. The molecule has 17 heavy (non-hydrogen) atoms. The van der Waals surface area contributed by atoms with Crippen LogP contribution in [0.2, 0.25) is 0 Å². The number of ketones is 1. The van der Waals surface area contributed by atoms with Crippen LogP contribution in [0, 0.1) is 16.7 Å². The molecule has 96 valence electrons. The second kappa shape index (κ2) is 5.63. The molecule has 0 N–H and O–H groups in total. The van der Waals surface area contributed by atoms with Crippen LogP contribution < -0.4 is 0 Å². The van der Waals surface area contributed by atoms with Gasteiger partial charge < -0.3 is 0 Å². The molecule has 0 aliphatic heterocycles. The molecular weight excluding hydrogens is 238 g/mol. The molecular formula is C12H19NO3S.